The molecule has 0 unspecified atom stereocenters. The van der Waals surface area contributed by atoms with Crippen molar-refractivity contribution in [1.82, 2.24) is 20.0 Å². The lowest BCUT2D eigenvalue weighted by atomic mass is 9.95. The monoisotopic (exact) mass is 312 g/mol. The van der Waals surface area contributed by atoms with Crippen LogP contribution in [0.2, 0.25) is 0 Å². The van der Waals surface area contributed by atoms with Gasteiger partial charge in [-0.3, -0.25) is 9.69 Å². The van der Waals surface area contributed by atoms with Crippen LogP contribution in [0, 0.1) is 5.92 Å². The molecule has 2 aliphatic heterocycles. The van der Waals surface area contributed by atoms with Crippen molar-refractivity contribution < 1.29 is 6.22 Å². The minimum absolute atomic E-state index is 0. The van der Waals surface area contributed by atoms with Gasteiger partial charge in [0, 0.05) is 60.2 Å². The summed E-state index contributed by atoms with van der Waals surface area (Å²) in [5, 5.41) is 2.88. The molecule has 0 radical (unpaired) electrons. The maximum Gasteiger partial charge on any atom is 0.216 e. The quantitative estimate of drug-likeness (QED) is 0.797. The Kier molecular flexibility index (Phi) is 7.12. The van der Waals surface area contributed by atoms with Gasteiger partial charge in [-0.05, 0) is 45.7 Å². The highest BCUT2D eigenvalue weighted by molar-refractivity contribution is 5.72. The fourth-order valence-electron chi connectivity index (χ4n) is 3.60. The highest BCUT2D eigenvalue weighted by Gasteiger charge is 2.24. The molecule has 5 nitrogen and oxygen atoms in total. The molecule has 5 heteroatoms. The molecule has 130 valence electrons. The van der Waals surface area contributed by atoms with Gasteiger partial charge in [-0.1, -0.05) is 0 Å². The summed E-state index contributed by atoms with van der Waals surface area (Å²) in [6.07, 6.45) is 2.72. The normalized spacial score (nSPS) is 23.1. The molecule has 2 heterocycles. The van der Waals surface area contributed by atoms with Crippen molar-refractivity contribution in [1.29, 1.82) is 0 Å². The van der Waals surface area contributed by atoms with E-state index in [1.54, 1.807) is 6.92 Å². The third kappa shape index (κ3) is 5.86. The van der Waals surface area contributed by atoms with Crippen LogP contribution in [0.1, 0.15) is 35.0 Å². The van der Waals surface area contributed by atoms with E-state index in [1.807, 2.05) is 0 Å². The molecule has 2 fully saturated rings. The third-order valence-corrected chi connectivity index (χ3v) is 5.16. The Balaban J connectivity index is 0.00000264. The fourth-order valence-corrected chi connectivity index (χ4v) is 3.60. The summed E-state index contributed by atoms with van der Waals surface area (Å²) in [5.74, 6) is 0.965. The van der Waals surface area contributed by atoms with E-state index in [2.05, 4.69) is 33.9 Å². The van der Waals surface area contributed by atoms with Crippen molar-refractivity contribution in [3.05, 3.63) is 0 Å². The van der Waals surface area contributed by atoms with E-state index in [9.17, 15) is 4.79 Å². The zero-order chi connectivity index (χ0) is 15.9. The van der Waals surface area contributed by atoms with Crippen LogP contribution in [0.5, 0.6) is 0 Å². The van der Waals surface area contributed by atoms with E-state index in [-0.39, 0.29) is 7.33 Å². The predicted molar refractivity (Wildman–Crippen MR) is 93.1 cm³/mol. The van der Waals surface area contributed by atoms with Crippen LogP contribution < -0.4 is 5.32 Å². The average Bonchev–Trinajstić information content (AvgIpc) is 2.49. The average molecular weight is 313 g/mol. The SMILES string of the molecule is CC(=O)NCCN1CCN(CC2CCN(C(C)C)CC2)CC1.[HH]. The molecule has 0 saturated carbocycles. The van der Waals surface area contributed by atoms with Gasteiger partial charge in [-0.25, -0.2) is 0 Å². The number of nitrogens with zero attached hydrogens (tertiary/aromatic N) is 3. The third-order valence-electron chi connectivity index (χ3n) is 5.16. The molecule has 0 aromatic heterocycles. The van der Waals surface area contributed by atoms with Gasteiger partial charge < -0.3 is 15.1 Å². The van der Waals surface area contributed by atoms with Gasteiger partial charge >= 0.3 is 0 Å². The Bertz CT molecular complexity index is 337. The number of hydrogen-bond donors (Lipinski definition) is 1. The van der Waals surface area contributed by atoms with Gasteiger partial charge in [0.1, 0.15) is 0 Å². The number of hydrogen-bond acceptors (Lipinski definition) is 4. The van der Waals surface area contributed by atoms with Crippen LogP contribution in [0.15, 0.2) is 0 Å². The summed E-state index contributed by atoms with van der Waals surface area (Å²) in [4.78, 5) is 18.6. The molecule has 0 atom stereocenters. The van der Waals surface area contributed by atoms with Gasteiger partial charge in [0.25, 0.3) is 0 Å². The van der Waals surface area contributed by atoms with Gasteiger partial charge in [0.15, 0.2) is 0 Å². The van der Waals surface area contributed by atoms with E-state index in [0.717, 1.165) is 32.1 Å². The van der Waals surface area contributed by atoms with Crippen molar-refractivity contribution in [2.24, 2.45) is 5.92 Å². The highest BCUT2D eigenvalue weighted by Crippen LogP contribution is 2.20. The lowest BCUT2D eigenvalue weighted by molar-refractivity contribution is -0.119. The minimum atomic E-state index is 0. The number of piperazine rings is 1. The number of piperidine rings is 1. The minimum Gasteiger partial charge on any atom is -0.355 e. The molecular formula is C17H36N4O. The Morgan fingerprint density at radius 2 is 1.68 bits per heavy atom. The first-order valence-electron chi connectivity index (χ1n) is 8.98. The molecule has 1 amide bonds. The molecule has 0 aliphatic carbocycles. The topological polar surface area (TPSA) is 38.8 Å². The summed E-state index contributed by atoms with van der Waals surface area (Å²) >= 11 is 0. The second-order valence-electron chi connectivity index (χ2n) is 7.20. The molecule has 0 aromatic rings. The lowest BCUT2D eigenvalue weighted by Gasteiger charge is -2.39. The van der Waals surface area contributed by atoms with E-state index in [0.29, 0.717) is 6.04 Å². The maximum atomic E-state index is 10.9. The number of likely N-dealkylation sites (tertiary alicyclic amines) is 1. The second-order valence-corrected chi connectivity index (χ2v) is 7.20. The second kappa shape index (κ2) is 8.85. The molecule has 0 bridgehead atoms. The number of nitrogens with one attached hydrogen (secondary N) is 1. The summed E-state index contributed by atoms with van der Waals surface area (Å²) in [5.41, 5.74) is 0. The van der Waals surface area contributed by atoms with Gasteiger partial charge in [-0.2, -0.15) is 0 Å². The number of carbonyl (C=O) groups excluding carboxylic acids is 1. The Morgan fingerprint density at radius 1 is 1.09 bits per heavy atom. The first-order chi connectivity index (χ1) is 10.5. The van der Waals surface area contributed by atoms with E-state index >= 15 is 0 Å². The fraction of sp³-hybridized carbons (Fsp3) is 0.941. The maximum absolute atomic E-state index is 10.9. The van der Waals surface area contributed by atoms with E-state index < -0.39 is 0 Å². The standard InChI is InChI=1S/C17H34N4O.H2/c1-15(2)21-7-4-17(5-8-21)14-20-12-10-19(11-13-20)9-6-18-16(3)22;/h15,17H,4-14H2,1-3H3,(H,18,22);1H. The van der Waals surface area contributed by atoms with E-state index in [1.165, 1.54) is 45.6 Å². The van der Waals surface area contributed by atoms with E-state index in [4.69, 9.17) is 0 Å². The molecule has 2 aliphatic rings. The van der Waals surface area contributed by atoms with Gasteiger partial charge in [-0.15, -0.1) is 0 Å². The summed E-state index contributed by atoms with van der Waals surface area (Å²) in [7, 11) is 0. The zero-order valence-electron chi connectivity index (χ0n) is 14.7. The van der Waals surface area contributed by atoms with Crippen LogP contribution in [-0.4, -0.2) is 85.6 Å². The number of amides is 1. The first kappa shape index (κ1) is 17.7. The van der Waals surface area contributed by atoms with Crippen LogP contribution in [0.25, 0.3) is 0 Å². The smallest absolute Gasteiger partial charge is 0.216 e. The summed E-state index contributed by atoms with van der Waals surface area (Å²) < 4.78 is 0. The lowest BCUT2D eigenvalue weighted by Crippen LogP contribution is -2.50. The molecule has 2 saturated heterocycles. The molecule has 2 rings (SSSR count). The predicted octanol–water partition coefficient (Wildman–Crippen LogP) is 1.11. The highest BCUT2D eigenvalue weighted by atomic mass is 16.1. The van der Waals surface area contributed by atoms with Gasteiger partial charge in [0.05, 0.1) is 0 Å². The van der Waals surface area contributed by atoms with Crippen LogP contribution >= 0.6 is 0 Å². The molecular weight excluding hydrogens is 276 g/mol. The van der Waals surface area contributed by atoms with Crippen molar-refractivity contribution in [2.45, 2.75) is 39.7 Å². The number of carbonyl (C=O) groups is 1. The molecule has 0 spiro atoms. The first-order valence-corrected chi connectivity index (χ1v) is 8.98. The number of rotatable bonds is 6. The molecule has 1 N–H and O–H groups in total. The molecule has 0 aromatic carbocycles. The van der Waals surface area contributed by atoms with Crippen molar-refractivity contribution >= 4 is 5.91 Å². The van der Waals surface area contributed by atoms with Crippen LogP contribution in [0.3, 0.4) is 0 Å². The van der Waals surface area contributed by atoms with Gasteiger partial charge in [0.2, 0.25) is 5.91 Å². The summed E-state index contributed by atoms with van der Waals surface area (Å²) in [6, 6.07) is 0.702. The van der Waals surface area contributed by atoms with Crippen molar-refractivity contribution in [3.63, 3.8) is 0 Å². The largest absolute Gasteiger partial charge is 0.355 e. The van der Waals surface area contributed by atoms with Crippen molar-refractivity contribution in [2.75, 3.05) is 58.9 Å². The summed E-state index contributed by atoms with van der Waals surface area (Å²) in [6.45, 7) is 16.5. The Hall–Kier alpha value is -0.650. The van der Waals surface area contributed by atoms with Crippen molar-refractivity contribution in [3.8, 4) is 0 Å². The Labute approximate surface area is 137 Å². The van der Waals surface area contributed by atoms with Crippen LogP contribution in [0.4, 0.5) is 0 Å². The zero-order valence-corrected chi connectivity index (χ0v) is 14.7. The van der Waals surface area contributed by atoms with Crippen LogP contribution in [-0.2, 0) is 4.79 Å². The molecule has 22 heavy (non-hydrogen) atoms. The Morgan fingerprint density at radius 3 is 2.23 bits per heavy atom.